The summed E-state index contributed by atoms with van der Waals surface area (Å²) < 4.78 is 0. The maximum Gasteiger partial charge on any atom is 0.142 e. The summed E-state index contributed by atoms with van der Waals surface area (Å²) in [5, 5.41) is 10.6. The van der Waals surface area contributed by atoms with E-state index in [2.05, 4.69) is 21.0 Å². The molecular weight excluding hydrogens is 346 g/mol. The molecule has 0 aliphatic heterocycles. The predicted molar refractivity (Wildman–Crippen MR) is 102 cm³/mol. The molecule has 0 saturated heterocycles. The second kappa shape index (κ2) is 6.43. The third-order valence-corrected chi connectivity index (χ3v) is 4.28. The lowest BCUT2D eigenvalue weighted by Gasteiger charge is -2.11. The Hall–Kier alpha value is -3.49. The fourth-order valence-electron chi connectivity index (χ4n) is 2.84. The number of nitrogen functional groups attached to an aromatic ring is 1. The number of hydrogen-bond acceptors (Lipinski definition) is 5. The van der Waals surface area contributed by atoms with Gasteiger partial charge in [-0.05, 0) is 30.3 Å². The van der Waals surface area contributed by atoms with Gasteiger partial charge in [-0.1, -0.05) is 29.8 Å². The predicted octanol–water partition coefficient (Wildman–Crippen LogP) is 4.47. The molecule has 0 unspecified atom stereocenters. The van der Waals surface area contributed by atoms with E-state index in [4.69, 9.17) is 22.6 Å². The van der Waals surface area contributed by atoms with Crippen molar-refractivity contribution in [3.05, 3.63) is 71.5 Å². The average Bonchev–Trinajstić information content (AvgIpc) is 2.68. The van der Waals surface area contributed by atoms with Crippen molar-refractivity contribution in [2.24, 2.45) is 0 Å². The Bertz CT molecular complexity index is 1180. The number of fused-ring (bicyclic) bond motifs is 1. The molecule has 0 fully saturated rings. The molecular formula is C20H12ClN5. The van der Waals surface area contributed by atoms with Crippen LogP contribution in [0.4, 0.5) is 5.82 Å². The van der Waals surface area contributed by atoms with Gasteiger partial charge in [0.2, 0.25) is 0 Å². The van der Waals surface area contributed by atoms with E-state index in [0.29, 0.717) is 27.8 Å². The van der Waals surface area contributed by atoms with Crippen LogP contribution < -0.4 is 5.73 Å². The van der Waals surface area contributed by atoms with E-state index < -0.39 is 0 Å². The molecule has 6 heteroatoms. The molecule has 2 N–H and O–H groups in total. The molecule has 2 aromatic heterocycles. The molecule has 5 nitrogen and oxygen atoms in total. The Morgan fingerprint density at radius 2 is 1.85 bits per heavy atom. The maximum atomic E-state index is 9.17. The van der Waals surface area contributed by atoms with Gasteiger partial charge in [0.1, 0.15) is 5.82 Å². The van der Waals surface area contributed by atoms with Crippen molar-refractivity contribution in [3.8, 4) is 28.6 Å². The Morgan fingerprint density at radius 3 is 2.69 bits per heavy atom. The smallest absolute Gasteiger partial charge is 0.142 e. The zero-order valence-electron chi connectivity index (χ0n) is 13.5. The van der Waals surface area contributed by atoms with Gasteiger partial charge in [0.05, 0.1) is 39.8 Å². The zero-order chi connectivity index (χ0) is 18.1. The van der Waals surface area contributed by atoms with Crippen molar-refractivity contribution in [2.45, 2.75) is 0 Å². The Balaban J connectivity index is 1.97. The van der Waals surface area contributed by atoms with Crippen LogP contribution in [-0.2, 0) is 0 Å². The molecule has 0 radical (unpaired) electrons. The largest absolute Gasteiger partial charge is 0.382 e. The first-order valence-corrected chi connectivity index (χ1v) is 8.21. The molecule has 0 saturated carbocycles. The number of anilines is 1. The molecule has 124 valence electrons. The molecule has 4 aromatic rings. The third-order valence-electron chi connectivity index (χ3n) is 3.99. The van der Waals surface area contributed by atoms with Crippen LogP contribution >= 0.6 is 11.6 Å². The summed E-state index contributed by atoms with van der Waals surface area (Å²) in [6.07, 6.45) is 3.21. The minimum atomic E-state index is 0.305. The lowest BCUT2D eigenvalue weighted by Crippen LogP contribution is -1.98. The highest BCUT2D eigenvalue weighted by molar-refractivity contribution is 6.35. The standard InChI is InChI=1S/C20H12ClN5/c21-16-9-15(8-14-5-2-6-24-18(14)16)19-20(26-17(23)11-25-19)13-4-1-3-12(7-13)10-22/h1-9,11H,(H2,23,26). The van der Waals surface area contributed by atoms with Gasteiger partial charge in [0.15, 0.2) is 0 Å². The van der Waals surface area contributed by atoms with Gasteiger partial charge in [0, 0.05) is 22.7 Å². The number of pyridine rings is 1. The molecule has 0 aliphatic rings. The fraction of sp³-hybridized carbons (Fsp3) is 0. The molecule has 26 heavy (non-hydrogen) atoms. The lowest BCUT2D eigenvalue weighted by molar-refractivity contribution is 1.22. The van der Waals surface area contributed by atoms with Crippen molar-refractivity contribution in [2.75, 3.05) is 5.73 Å². The fourth-order valence-corrected chi connectivity index (χ4v) is 3.11. The van der Waals surface area contributed by atoms with Crippen LogP contribution in [0.5, 0.6) is 0 Å². The van der Waals surface area contributed by atoms with Crippen LogP contribution in [0, 0.1) is 11.3 Å². The number of aromatic nitrogens is 3. The van der Waals surface area contributed by atoms with Gasteiger partial charge >= 0.3 is 0 Å². The minimum Gasteiger partial charge on any atom is -0.382 e. The van der Waals surface area contributed by atoms with Crippen LogP contribution in [0.3, 0.4) is 0 Å². The third kappa shape index (κ3) is 2.83. The summed E-state index contributed by atoms with van der Waals surface area (Å²) in [5.41, 5.74) is 9.94. The van der Waals surface area contributed by atoms with Crippen LogP contribution in [0.2, 0.25) is 5.02 Å². The van der Waals surface area contributed by atoms with Crippen LogP contribution in [0.15, 0.2) is 60.9 Å². The topological polar surface area (TPSA) is 88.5 Å². The van der Waals surface area contributed by atoms with Crippen molar-refractivity contribution < 1.29 is 0 Å². The quantitative estimate of drug-likeness (QED) is 0.572. The second-order valence-corrected chi connectivity index (χ2v) is 6.13. The number of halogens is 1. The van der Waals surface area contributed by atoms with Gasteiger partial charge < -0.3 is 5.73 Å². The Morgan fingerprint density at radius 1 is 0.962 bits per heavy atom. The van der Waals surface area contributed by atoms with E-state index in [1.165, 1.54) is 6.20 Å². The van der Waals surface area contributed by atoms with Gasteiger partial charge in [-0.2, -0.15) is 5.26 Å². The zero-order valence-corrected chi connectivity index (χ0v) is 14.3. The highest BCUT2D eigenvalue weighted by atomic mass is 35.5. The first-order chi connectivity index (χ1) is 12.7. The number of hydrogen-bond donors (Lipinski definition) is 1. The summed E-state index contributed by atoms with van der Waals surface area (Å²) in [6, 6.07) is 16.9. The SMILES string of the molecule is N#Cc1cccc(-c2nc(N)cnc2-c2cc(Cl)c3ncccc3c2)c1. The highest BCUT2D eigenvalue weighted by Gasteiger charge is 2.14. The second-order valence-electron chi connectivity index (χ2n) is 5.72. The number of benzene rings is 2. The van der Waals surface area contributed by atoms with E-state index >= 15 is 0 Å². The van der Waals surface area contributed by atoms with E-state index in [-0.39, 0.29) is 0 Å². The van der Waals surface area contributed by atoms with E-state index in [1.807, 2.05) is 30.3 Å². The van der Waals surface area contributed by atoms with Crippen LogP contribution in [0.25, 0.3) is 33.4 Å². The molecule has 2 heterocycles. The molecule has 2 aromatic carbocycles. The van der Waals surface area contributed by atoms with Crippen LogP contribution in [0.1, 0.15) is 5.56 Å². The summed E-state index contributed by atoms with van der Waals surface area (Å²) in [5.74, 6) is 0.305. The monoisotopic (exact) mass is 357 g/mol. The molecule has 4 rings (SSSR count). The molecule has 0 bridgehead atoms. The van der Waals surface area contributed by atoms with E-state index in [9.17, 15) is 0 Å². The van der Waals surface area contributed by atoms with Crippen molar-refractivity contribution in [1.29, 1.82) is 5.26 Å². The first kappa shape index (κ1) is 16.0. The summed E-state index contributed by atoms with van der Waals surface area (Å²) >= 11 is 6.41. The number of nitrogens with zero attached hydrogens (tertiary/aromatic N) is 4. The maximum absolute atomic E-state index is 9.17. The van der Waals surface area contributed by atoms with E-state index in [0.717, 1.165) is 22.0 Å². The molecule has 0 aliphatic carbocycles. The lowest BCUT2D eigenvalue weighted by atomic mass is 10.0. The van der Waals surface area contributed by atoms with E-state index in [1.54, 1.807) is 24.4 Å². The van der Waals surface area contributed by atoms with Gasteiger partial charge in [0.25, 0.3) is 0 Å². The Kier molecular flexibility index (Phi) is 3.96. The molecule has 0 spiro atoms. The number of nitriles is 1. The minimum absolute atomic E-state index is 0.305. The summed E-state index contributed by atoms with van der Waals surface area (Å²) in [4.78, 5) is 13.2. The van der Waals surface area contributed by atoms with Crippen molar-refractivity contribution >= 4 is 28.3 Å². The van der Waals surface area contributed by atoms with Crippen molar-refractivity contribution in [1.82, 2.24) is 15.0 Å². The van der Waals surface area contributed by atoms with Crippen molar-refractivity contribution in [3.63, 3.8) is 0 Å². The average molecular weight is 358 g/mol. The normalized spacial score (nSPS) is 10.6. The van der Waals surface area contributed by atoms with Gasteiger partial charge in [-0.25, -0.2) is 4.98 Å². The summed E-state index contributed by atoms with van der Waals surface area (Å²) in [6.45, 7) is 0. The first-order valence-electron chi connectivity index (χ1n) is 7.83. The van der Waals surface area contributed by atoms with Gasteiger partial charge in [-0.3, -0.25) is 9.97 Å². The molecule has 0 atom stereocenters. The summed E-state index contributed by atoms with van der Waals surface area (Å²) in [7, 11) is 0. The number of nitrogens with two attached hydrogens (primary N) is 1. The molecule has 0 amide bonds. The highest BCUT2D eigenvalue weighted by Crippen LogP contribution is 2.34. The number of rotatable bonds is 2. The van der Waals surface area contributed by atoms with Crippen LogP contribution in [-0.4, -0.2) is 15.0 Å². The Labute approximate surface area is 154 Å². The van der Waals surface area contributed by atoms with Gasteiger partial charge in [-0.15, -0.1) is 0 Å².